The SMILES string of the molecule is C=C1CC(c2ccc(-c3nc4ccn5c(/C(=C/N(C)C)N(C)C)nnc5c4cc3-c3ccccc3)cc2)(N2C(=O)c3ccccc3C2=O)C1. The van der Waals surface area contributed by atoms with Crippen molar-refractivity contribution in [3.8, 4) is 22.4 Å². The zero-order valence-electron chi connectivity index (χ0n) is 27.9. The number of amides is 2. The van der Waals surface area contributed by atoms with Gasteiger partial charge in [-0.25, -0.2) is 4.98 Å². The minimum absolute atomic E-state index is 0.252. The minimum atomic E-state index is -0.773. The van der Waals surface area contributed by atoms with Crippen molar-refractivity contribution in [2.45, 2.75) is 18.4 Å². The molecule has 0 saturated heterocycles. The lowest BCUT2D eigenvalue weighted by Gasteiger charge is -2.49. The number of pyridine rings is 2. The summed E-state index contributed by atoms with van der Waals surface area (Å²) >= 11 is 0. The zero-order valence-corrected chi connectivity index (χ0v) is 27.9. The average molecular weight is 646 g/mol. The van der Waals surface area contributed by atoms with E-state index >= 15 is 0 Å². The van der Waals surface area contributed by atoms with Crippen molar-refractivity contribution in [2.24, 2.45) is 0 Å². The molecule has 4 heterocycles. The lowest BCUT2D eigenvalue weighted by Crippen LogP contribution is -2.54. The molecular weight excluding hydrogens is 610 g/mol. The monoisotopic (exact) mass is 645 g/mol. The van der Waals surface area contributed by atoms with Gasteiger partial charge in [0.1, 0.15) is 0 Å². The van der Waals surface area contributed by atoms with Crippen LogP contribution >= 0.6 is 0 Å². The molecule has 1 aliphatic heterocycles. The Labute approximate surface area is 284 Å². The van der Waals surface area contributed by atoms with Gasteiger partial charge in [0.05, 0.1) is 33.6 Å². The van der Waals surface area contributed by atoms with Gasteiger partial charge in [-0.2, -0.15) is 0 Å². The number of nitrogens with zero attached hydrogens (tertiary/aromatic N) is 7. The first-order valence-electron chi connectivity index (χ1n) is 16.2. The van der Waals surface area contributed by atoms with E-state index in [2.05, 4.69) is 35.0 Å². The van der Waals surface area contributed by atoms with Crippen LogP contribution < -0.4 is 0 Å². The van der Waals surface area contributed by atoms with Crippen LogP contribution in [0.15, 0.2) is 116 Å². The largest absolute Gasteiger partial charge is 0.382 e. The molecule has 242 valence electrons. The molecule has 2 aliphatic rings. The fraction of sp³-hybridized carbons (Fsp3) is 0.175. The average Bonchev–Trinajstić information content (AvgIpc) is 3.64. The highest BCUT2D eigenvalue weighted by atomic mass is 16.2. The first-order chi connectivity index (χ1) is 23.7. The molecule has 0 spiro atoms. The van der Waals surface area contributed by atoms with Gasteiger partial charge in [-0.15, -0.1) is 10.2 Å². The molecule has 1 saturated carbocycles. The van der Waals surface area contributed by atoms with Crippen molar-refractivity contribution in [1.82, 2.24) is 34.3 Å². The summed E-state index contributed by atoms with van der Waals surface area (Å²) in [6, 6.07) is 29.5. The van der Waals surface area contributed by atoms with E-state index in [-0.39, 0.29) is 11.8 Å². The van der Waals surface area contributed by atoms with Crippen molar-refractivity contribution in [1.29, 1.82) is 0 Å². The number of hydrogen-bond donors (Lipinski definition) is 0. The number of fused-ring (bicyclic) bond motifs is 4. The molecule has 6 aromatic rings. The smallest absolute Gasteiger partial charge is 0.262 e. The first kappa shape index (κ1) is 30.3. The molecule has 0 atom stereocenters. The molecule has 9 nitrogen and oxygen atoms in total. The summed E-state index contributed by atoms with van der Waals surface area (Å²) in [7, 11) is 7.96. The van der Waals surface area contributed by atoms with Crippen molar-refractivity contribution >= 4 is 34.1 Å². The molecule has 3 aromatic heterocycles. The maximum Gasteiger partial charge on any atom is 0.262 e. The van der Waals surface area contributed by atoms with E-state index < -0.39 is 5.54 Å². The first-order valence-corrected chi connectivity index (χ1v) is 16.2. The second-order valence-electron chi connectivity index (χ2n) is 13.3. The predicted molar refractivity (Wildman–Crippen MR) is 192 cm³/mol. The number of imide groups is 1. The standard InChI is InChI=1S/C40H35N7O2/c1-25-22-40(23-25,47-38(48)29-13-9-10-14-30(29)39(47)49)28-17-15-27(16-18-28)35-31(26-11-7-6-8-12-26)21-32-33(41-35)19-20-46-36(32)42-43-37(46)34(45(4)5)24-44(2)3/h6-21,24H,1,22-23H2,2-5H3/b34-24-. The van der Waals surface area contributed by atoms with E-state index in [1.807, 2.05) is 103 Å². The fourth-order valence-electron chi connectivity index (χ4n) is 7.23. The molecule has 0 bridgehead atoms. The Morgan fingerprint density at radius 3 is 2.06 bits per heavy atom. The minimum Gasteiger partial charge on any atom is -0.382 e. The molecular formula is C40H35N7O2. The van der Waals surface area contributed by atoms with E-state index in [0.717, 1.165) is 61.6 Å². The van der Waals surface area contributed by atoms with Crippen LogP contribution in [0, 0.1) is 0 Å². The van der Waals surface area contributed by atoms with Crippen molar-refractivity contribution in [3.05, 3.63) is 138 Å². The van der Waals surface area contributed by atoms with Crippen molar-refractivity contribution < 1.29 is 9.59 Å². The van der Waals surface area contributed by atoms with Crippen LogP contribution in [0.25, 0.3) is 44.6 Å². The van der Waals surface area contributed by atoms with E-state index in [1.54, 1.807) is 24.3 Å². The molecule has 49 heavy (non-hydrogen) atoms. The Morgan fingerprint density at radius 1 is 0.796 bits per heavy atom. The molecule has 9 heteroatoms. The van der Waals surface area contributed by atoms with Gasteiger partial charge in [-0.05, 0) is 48.2 Å². The predicted octanol–water partition coefficient (Wildman–Crippen LogP) is 6.87. The molecule has 1 fully saturated rings. The van der Waals surface area contributed by atoms with Gasteiger partial charge >= 0.3 is 0 Å². The number of carbonyl (C=O) groups is 2. The second kappa shape index (κ2) is 11.3. The highest BCUT2D eigenvalue weighted by Crippen LogP contribution is 2.52. The molecule has 0 N–H and O–H groups in total. The van der Waals surface area contributed by atoms with Gasteiger partial charge in [-0.3, -0.25) is 18.9 Å². The van der Waals surface area contributed by atoms with Gasteiger partial charge in [0.2, 0.25) is 0 Å². The summed E-state index contributed by atoms with van der Waals surface area (Å²) in [6.45, 7) is 4.17. The number of rotatable bonds is 7. The van der Waals surface area contributed by atoms with Crippen molar-refractivity contribution in [3.63, 3.8) is 0 Å². The van der Waals surface area contributed by atoms with Gasteiger partial charge in [0.25, 0.3) is 11.8 Å². The van der Waals surface area contributed by atoms with Crippen LogP contribution in [-0.2, 0) is 5.54 Å². The molecule has 0 unspecified atom stereocenters. The highest BCUT2D eigenvalue weighted by Gasteiger charge is 2.54. The van der Waals surface area contributed by atoms with Gasteiger partial charge in [0.15, 0.2) is 11.5 Å². The van der Waals surface area contributed by atoms with Crippen LogP contribution in [0.3, 0.4) is 0 Å². The normalized spacial score (nSPS) is 15.6. The Kier molecular flexibility index (Phi) is 6.96. The Hall–Kier alpha value is -6.09. The fourth-order valence-corrected chi connectivity index (χ4v) is 7.23. The molecule has 1 aliphatic carbocycles. The van der Waals surface area contributed by atoms with Crippen LogP contribution in [0.4, 0.5) is 0 Å². The Balaban J connectivity index is 1.24. The van der Waals surface area contributed by atoms with Crippen LogP contribution in [-0.4, -0.2) is 74.3 Å². The summed E-state index contributed by atoms with van der Waals surface area (Å²) in [6.07, 6.45) is 5.07. The van der Waals surface area contributed by atoms with Crippen molar-refractivity contribution in [2.75, 3.05) is 28.2 Å². The molecule has 0 radical (unpaired) electrons. The third kappa shape index (κ3) is 4.72. The van der Waals surface area contributed by atoms with E-state index in [0.29, 0.717) is 24.0 Å². The lowest BCUT2D eigenvalue weighted by molar-refractivity contribution is 0.0313. The lowest BCUT2D eigenvalue weighted by atomic mass is 9.67. The summed E-state index contributed by atoms with van der Waals surface area (Å²) in [5.41, 5.74) is 8.23. The number of carbonyl (C=O) groups excluding carboxylic acids is 2. The zero-order chi connectivity index (χ0) is 34.0. The molecule has 8 rings (SSSR count). The maximum absolute atomic E-state index is 13.6. The summed E-state index contributed by atoms with van der Waals surface area (Å²) in [5, 5.41) is 10.1. The topological polar surface area (TPSA) is 86.9 Å². The highest BCUT2D eigenvalue weighted by molar-refractivity contribution is 6.22. The van der Waals surface area contributed by atoms with Crippen LogP contribution in [0.5, 0.6) is 0 Å². The van der Waals surface area contributed by atoms with Gasteiger partial charge in [0, 0.05) is 57.1 Å². The third-order valence-corrected chi connectivity index (χ3v) is 9.55. The van der Waals surface area contributed by atoms with Gasteiger partial charge in [-0.1, -0.05) is 78.9 Å². The molecule has 2 amide bonds. The van der Waals surface area contributed by atoms with E-state index in [9.17, 15) is 9.59 Å². The van der Waals surface area contributed by atoms with Crippen LogP contribution in [0.1, 0.15) is 44.9 Å². The van der Waals surface area contributed by atoms with E-state index in [4.69, 9.17) is 4.98 Å². The van der Waals surface area contributed by atoms with E-state index in [1.165, 1.54) is 4.90 Å². The number of hydrogen-bond acceptors (Lipinski definition) is 7. The van der Waals surface area contributed by atoms with Gasteiger partial charge < -0.3 is 9.80 Å². The summed E-state index contributed by atoms with van der Waals surface area (Å²) in [5.74, 6) is 0.234. The number of aromatic nitrogens is 4. The second-order valence-corrected chi connectivity index (χ2v) is 13.3. The summed E-state index contributed by atoms with van der Waals surface area (Å²) < 4.78 is 2.01. The Bertz CT molecular complexity index is 2310. The van der Waals surface area contributed by atoms with Crippen LogP contribution in [0.2, 0.25) is 0 Å². The Morgan fingerprint density at radius 2 is 1.45 bits per heavy atom. The summed E-state index contributed by atoms with van der Waals surface area (Å²) in [4.78, 5) is 37.9. The number of benzene rings is 3. The quantitative estimate of drug-likeness (QED) is 0.138. The molecule has 3 aromatic carbocycles. The third-order valence-electron chi connectivity index (χ3n) is 9.55. The maximum atomic E-state index is 13.6.